The lowest BCUT2D eigenvalue weighted by Gasteiger charge is -2.54. The molecule has 3 heterocycles. The number of anilines is 1. The van der Waals surface area contributed by atoms with E-state index in [0.29, 0.717) is 36.5 Å². The van der Waals surface area contributed by atoms with Gasteiger partial charge in [-0.1, -0.05) is 31.5 Å². The van der Waals surface area contributed by atoms with Crippen LogP contribution in [-0.4, -0.2) is 59.3 Å². The van der Waals surface area contributed by atoms with Crippen molar-refractivity contribution in [1.82, 2.24) is 15.5 Å². The molecule has 0 spiro atoms. The van der Waals surface area contributed by atoms with E-state index in [-0.39, 0.29) is 24.7 Å². The average Bonchev–Trinajstić information content (AvgIpc) is 3.25. The van der Waals surface area contributed by atoms with Crippen molar-refractivity contribution < 1.29 is 23.2 Å². The molecule has 5 rings (SSSR count). The molecule has 1 saturated carbocycles. The van der Waals surface area contributed by atoms with Gasteiger partial charge in [-0.15, -0.1) is 0 Å². The average molecular weight is 550 g/mol. The largest absolute Gasteiger partial charge is 0.374 e. The Bertz CT molecular complexity index is 1110. The lowest BCUT2D eigenvalue weighted by atomic mass is 9.71. The zero-order valence-corrected chi connectivity index (χ0v) is 22.3. The first kappa shape index (κ1) is 28.1. The molecule has 4 fully saturated rings. The van der Waals surface area contributed by atoms with E-state index < -0.39 is 60.2 Å². The minimum Gasteiger partial charge on any atom is -0.374 e. The molecule has 3 amide bonds. The molecule has 0 aromatic heterocycles. The molecule has 3 N–H and O–H groups in total. The molecular weight excluding hydrogens is 516 g/mol. The van der Waals surface area contributed by atoms with Crippen molar-refractivity contribution in [2.45, 2.75) is 82.5 Å². The van der Waals surface area contributed by atoms with Gasteiger partial charge in [-0.2, -0.15) is 5.26 Å². The van der Waals surface area contributed by atoms with Crippen molar-refractivity contribution in [3.05, 3.63) is 29.3 Å². The van der Waals surface area contributed by atoms with E-state index >= 15 is 8.78 Å². The van der Waals surface area contributed by atoms with E-state index in [2.05, 4.69) is 16.0 Å². The molecule has 0 radical (unpaired) electrons. The number of amides is 3. The lowest BCUT2D eigenvalue weighted by molar-refractivity contribution is -0.194. The fourth-order valence-electron chi connectivity index (χ4n) is 6.03. The number of alkyl halides is 2. The van der Waals surface area contributed by atoms with Crippen LogP contribution in [0.25, 0.3) is 0 Å². The van der Waals surface area contributed by atoms with E-state index in [1.54, 1.807) is 24.3 Å². The SMILES string of the molecule is CC(C)C[C@@H](Nc1cccc(Cl)c1)C(=O)N1[C@H]2CC[C@@H]([C@@H]1C(=O)N[C@H](C#N)C[C@@H]1CCNC1=O)C(F)(F)C2. The Balaban J connectivity index is 1.59. The van der Waals surface area contributed by atoms with Crippen LogP contribution in [0.2, 0.25) is 5.02 Å². The smallest absolute Gasteiger partial charge is 0.255 e. The van der Waals surface area contributed by atoms with Crippen molar-refractivity contribution in [2.24, 2.45) is 17.8 Å². The second-order valence-corrected chi connectivity index (χ2v) is 11.5. The number of nitrogens with one attached hydrogen (secondary N) is 3. The molecule has 38 heavy (non-hydrogen) atoms. The molecule has 3 aliphatic heterocycles. The summed E-state index contributed by atoms with van der Waals surface area (Å²) in [5.41, 5.74) is 0.615. The summed E-state index contributed by atoms with van der Waals surface area (Å²) in [6, 6.07) is 4.89. The third-order valence-corrected chi connectivity index (χ3v) is 8.02. The minimum absolute atomic E-state index is 0.0888. The van der Waals surface area contributed by atoms with Crippen LogP contribution in [0.1, 0.15) is 52.4 Å². The van der Waals surface area contributed by atoms with Gasteiger partial charge < -0.3 is 20.9 Å². The maximum Gasteiger partial charge on any atom is 0.255 e. The molecule has 6 atom stereocenters. The van der Waals surface area contributed by atoms with E-state index in [9.17, 15) is 19.6 Å². The number of hydrogen-bond donors (Lipinski definition) is 3. The Morgan fingerprint density at radius 2 is 2.05 bits per heavy atom. The highest BCUT2D eigenvalue weighted by Crippen LogP contribution is 2.49. The molecule has 4 aliphatic rings. The van der Waals surface area contributed by atoms with E-state index in [0.717, 1.165) is 0 Å². The molecular formula is C27H34ClF2N5O3. The second-order valence-electron chi connectivity index (χ2n) is 11.0. The van der Waals surface area contributed by atoms with Crippen molar-refractivity contribution in [2.75, 3.05) is 11.9 Å². The Labute approximate surface area is 226 Å². The first-order valence-electron chi connectivity index (χ1n) is 13.2. The van der Waals surface area contributed by atoms with Gasteiger partial charge in [-0.05, 0) is 56.2 Å². The topological polar surface area (TPSA) is 114 Å². The molecule has 1 aromatic carbocycles. The number of carbonyl (C=O) groups excluding carboxylic acids is 3. The van der Waals surface area contributed by atoms with Crippen LogP contribution in [0.5, 0.6) is 0 Å². The normalized spacial score (nSPS) is 27.4. The standard InChI is InChI=1S/C27H34ClF2N5O3/c1-15(2)10-22(33-18-5-3-4-17(28)12-18)26(38)35-20-6-7-21(27(29,30)13-20)23(35)25(37)34-19(14-31)11-16-8-9-32-24(16)36/h3-5,12,15-16,19-23,33H,6-11,13H2,1-2H3,(H,32,36)(H,34,37)/t16-,19-,20-,21-,22+,23+/m0/s1. The van der Waals surface area contributed by atoms with Gasteiger partial charge in [0.05, 0.1) is 12.0 Å². The first-order chi connectivity index (χ1) is 18.0. The van der Waals surface area contributed by atoms with E-state index in [1.807, 2.05) is 19.9 Å². The number of halogens is 3. The number of nitrogens with zero attached hydrogens (tertiary/aromatic N) is 2. The highest BCUT2D eigenvalue weighted by atomic mass is 35.5. The third-order valence-electron chi connectivity index (χ3n) is 7.78. The maximum atomic E-state index is 15.1. The fourth-order valence-corrected chi connectivity index (χ4v) is 6.22. The summed E-state index contributed by atoms with van der Waals surface area (Å²) >= 11 is 6.12. The zero-order chi connectivity index (χ0) is 27.6. The predicted octanol–water partition coefficient (Wildman–Crippen LogP) is 3.72. The number of nitriles is 1. The van der Waals surface area contributed by atoms with Crippen molar-refractivity contribution in [3.63, 3.8) is 0 Å². The zero-order valence-electron chi connectivity index (χ0n) is 21.6. The van der Waals surface area contributed by atoms with Crippen LogP contribution in [-0.2, 0) is 14.4 Å². The molecule has 0 unspecified atom stereocenters. The molecule has 8 nitrogen and oxygen atoms in total. The summed E-state index contributed by atoms with van der Waals surface area (Å²) in [6.07, 6.45) is 1.04. The molecule has 1 aliphatic carbocycles. The Kier molecular flexibility index (Phi) is 8.46. The fraction of sp³-hybridized carbons (Fsp3) is 0.630. The summed E-state index contributed by atoms with van der Waals surface area (Å²) < 4.78 is 30.2. The highest BCUT2D eigenvalue weighted by Gasteiger charge is 2.61. The Morgan fingerprint density at radius 3 is 2.66 bits per heavy atom. The van der Waals surface area contributed by atoms with Gasteiger partial charge in [0.25, 0.3) is 5.92 Å². The van der Waals surface area contributed by atoms with Crippen LogP contribution in [0.3, 0.4) is 0 Å². The number of piperidine rings is 2. The van der Waals surface area contributed by atoms with Gasteiger partial charge in [0.2, 0.25) is 17.7 Å². The Hall–Kier alpha value is -2.93. The number of fused-ring (bicyclic) bond motifs is 3. The number of carbonyl (C=O) groups is 3. The Morgan fingerprint density at radius 1 is 1.29 bits per heavy atom. The van der Waals surface area contributed by atoms with Crippen molar-refractivity contribution >= 4 is 35.0 Å². The van der Waals surface area contributed by atoms with Gasteiger partial charge in [-0.25, -0.2) is 8.78 Å². The van der Waals surface area contributed by atoms with Crippen LogP contribution in [0, 0.1) is 29.1 Å². The van der Waals surface area contributed by atoms with Gasteiger partial charge in [0.15, 0.2) is 0 Å². The molecule has 3 saturated heterocycles. The lowest BCUT2D eigenvalue weighted by Crippen LogP contribution is -2.70. The molecule has 206 valence electrons. The van der Waals surface area contributed by atoms with Crippen LogP contribution in [0.4, 0.5) is 14.5 Å². The summed E-state index contributed by atoms with van der Waals surface area (Å²) in [6.45, 7) is 4.40. The second kappa shape index (κ2) is 11.4. The van der Waals surface area contributed by atoms with Crippen LogP contribution < -0.4 is 16.0 Å². The first-order valence-corrected chi connectivity index (χ1v) is 13.6. The molecule has 1 aromatic rings. The van der Waals surface area contributed by atoms with Gasteiger partial charge in [-0.3, -0.25) is 14.4 Å². The summed E-state index contributed by atoms with van der Waals surface area (Å²) in [4.78, 5) is 40.9. The van der Waals surface area contributed by atoms with Crippen LogP contribution in [0.15, 0.2) is 24.3 Å². The quantitative estimate of drug-likeness (QED) is 0.434. The van der Waals surface area contributed by atoms with Gasteiger partial charge >= 0.3 is 0 Å². The summed E-state index contributed by atoms with van der Waals surface area (Å²) in [5, 5.41) is 18.6. The van der Waals surface area contributed by atoms with Crippen LogP contribution >= 0.6 is 11.6 Å². The number of rotatable bonds is 9. The van der Waals surface area contributed by atoms with E-state index in [4.69, 9.17) is 11.6 Å². The van der Waals surface area contributed by atoms with Gasteiger partial charge in [0, 0.05) is 35.6 Å². The highest BCUT2D eigenvalue weighted by molar-refractivity contribution is 6.30. The summed E-state index contributed by atoms with van der Waals surface area (Å²) in [7, 11) is 0. The summed E-state index contributed by atoms with van der Waals surface area (Å²) in [5.74, 6) is -6.18. The number of hydrogen-bond acceptors (Lipinski definition) is 5. The van der Waals surface area contributed by atoms with Crippen molar-refractivity contribution in [1.29, 1.82) is 5.26 Å². The van der Waals surface area contributed by atoms with Crippen molar-refractivity contribution in [3.8, 4) is 6.07 Å². The molecule has 11 heteroatoms. The van der Waals surface area contributed by atoms with E-state index in [1.165, 1.54) is 4.90 Å². The minimum atomic E-state index is -3.11. The maximum absolute atomic E-state index is 15.1. The monoisotopic (exact) mass is 549 g/mol. The third kappa shape index (κ3) is 6.04. The molecule has 2 bridgehead atoms. The van der Waals surface area contributed by atoms with Gasteiger partial charge in [0.1, 0.15) is 18.1 Å². The predicted molar refractivity (Wildman–Crippen MR) is 138 cm³/mol. The number of benzene rings is 1.